The molecule has 0 heterocycles. The largest absolute Gasteiger partial charge is 0.480 e. The predicted molar refractivity (Wildman–Crippen MR) is 79.2 cm³/mol. The highest BCUT2D eigenvalue weighted by Crippen LogP contribution is 2.09. The molecule has 0 aromatic carbocycles. The average molecular weight is 290 g/mol. The van der Waals surface area contributed by atoms with Crippen LogP contribution in [0.1, 0.15) is 27.7 Å². The molecule has 1 unspecified atom stereocenters. The quantitative estimate of drug-likeness (QED) is 0.668. The minimum atomic E-state index is -1.03. The van der Waals surface area contributed by atoms with E-state index in [1.165, 1.54) is 11.8 Å². The van der Waals surface area contributed by atoms with Crippen LogP contribution in [0, 0.1) is 11.8 Å². The summed E-state index contributed by atoms with van der Waals surface area (Å²) in [5, 5.41) is 8.66. The van der Waals surface area contributed by atoms with Crippen LogP contribution in [-0.2, 0) is 9.59 Å². The molecule has 0 saturated heterocycles. The van der Waals surface area contributed by atoms with Gasteiger partial charge >= 0.3 is 5.97 Å². The van der Waals surface area contributed by atoms with Crippen LogP contribution < -0.4 is 5.73 Å². The van der Waals surface area contributed by atoms with Gasteiger partial charge in [-0.3, -0.25) is 9.59 Å². The first-order valence-corrected chi connectivity index (χ1v) is 7.73. The Morgan fingerprint density at radius 2 is 1.63 bits per heavy atom. The lowest BCUT2D eigenvalue weighted by atomic mass is 10.1. The van der Waals surface area contributed by atoms with Crippen LogP contribution in [0.25, 0.3) is 0 Å². The van der Waals surface area contributed by atoms with Crippen LogP contribution in [0.15, 0.2) is 0 Å². The molecule has 19 heavy (non-hydrogen) atoms. The molecule has 5 nitrogen and oxygen atoms in total. The lowest BCUT2D eigenvalue weighted by molar-refractivity contribution is -0.138. The summed E-state index contributed by atoms with van der Waals surface area (Å²) >= 11 is 1.28. The molecule has 0 rings (SSSR count). The van der Waals surface area contributed by atoms with Crippen LogP contribution in [0.3, 0.4) is 0 Å². The minimum absolute atomic E-state index is 0.0602. The van der Waals surface area contributed by atoms with E-state index in [2.05, 4.69) is 27.7 Å². The molecular formula is C13H26N2O3S. The Labute approximate surface area is 119 Å². The third kappa shape index (κ3) is 8.88. The molecule has 112 valence electrons. The Balaban J connectivity index is 4.20. The van der Waals surface area contributed by atoms with Gasteiger partial charge in [-0.25, -0.2) is 0 Å². The molecule has 0 bridgehead atoms. The first-order chi connectivity index (χ1) is 8.73. The van der Waals surface area contributed by atoms with Gasteiger partial charge in [0.2, 0.25) is 5.91 Å². The van der Waals surface area contributed by atoms with Gasteiger partial charge in [-0.2, -0.15) is 0 Å². The Hall–Kier alpha value is -0.750. The van der Waals surface area contributed by atoms with Crippen molar-refractivity contribution in [1.82, 2.24) is 4.90 Å². The van der Waals surface area contributed by atoms with E-state index < -0.39 is 12.0 Å². The number of hydrogen-bond acceptors (Lipinski definition) is 4. The summed E-state index contributed by atoms with van der Waals surface area (Å²) in [6.45, 7) is 9.79. The fourth-order valence-corrected chi connectivity index (χ4v) is 2.47. The van der Waals surface area contributed by atoms with Crippen molar-refractivity contribution >= 4 is 23.6 Å². The van der Waals surface area contributed by atoms with E-state index in [0.717, 1.165) is 13.1 Å². The normalized spacial score (nSPS) is 12.8. The lowest BCUT2D eigenvalue weighted by Gasteiger charge is -2.26. The second kappa shape index (κ2) is 9.20. The van der Waals surface area contributed by atoms with Gasteiger partial charge < -0.3 is 15.7 Å². The molecular weight excluding hydrogens is 264 g/mol. The van der Waals surface area contributed by atoms with Crippen molar-refractivity contribution in [3.05, 3.63) is 0 Å². The van der Waals surface area contributed by atoms with E-state index in [0.29, 0.717) is 17.6 Å². The molecule has 3 N–H and O–H groups in total. The van der Waals surface area contributed by atoms with Crippen molar-refractivity contribution in [2.45, 2.75) is 33.7 Å². The fraction of sp³-hybridized carbons (Fsp3) is 0.846. The minimum Gasteiger partial charge on any atom is -0.480 e. The monoisotopic (exact) mass is 290 g/mol. The molecule has 0 aromatic rings. The van der Waals surface area contributed by atoms with Gasteiger partial charge in [-0.1, -0.05) is 27.7 Å². The smallest absolute Gasteiger partial charge is 0.321 e. The SMILES string of the molecule is CC(C)CN(CC(C)C)C(=O)CSCC(N)C(=O)O. The zero-order valence-corrected chi connectivity index (χ0v) is 13.1. The summed E-state index contributed by atoms with van der Waals surface area (Å²) in [4.78, 5) is 24.5. The Bertz CT molecular complexity index is 286. The van der Waals surface area contributed by atoms with Gasteiger partial charge in [0, 0.05) is 18.8 Å². The van der Waals surface area contributed by atoms with Gasteiger partial charge in [-0.15, -0.1) is 11.8 Å². The number of hydrogen-bond donors (Lipinski definition) is 2. The highest BCUT2D eigenvalue weighted by molar-refractivity contribution is 8.00. The number of amides is 1. The molecule has 0 aliphatic carbocycles. The van der Waals surface area contributed by atoms with Crippen LogP contribution in [0.4, 0.5) is 0 Å². The van der Waals surface area contributed by atoms with E-state index in [-0.39, 0.29) is 11.7 Å². The molecule has 0 saturated carbocycles. The topological polar surface area (TPSA) is 83.6 Å². The van der Waals surface area contributed by atoms with E-state index in [1.807, 2.05) is 4.90 Å². The maximum absolute atomic E-state index is 12.1. The van der Waals surface area contributed by atoms with Crippen molar-refractivity contribution < 1.29 is 14.7 Å². The zero-order chi connectivity index (χ0) is 15.0. The number of aliphatic carboxylic acids is 1. The van der Waals surface area contributed by atoms with E-state index >= 15 is 0 Å². The maximum Gasteiger partial charge on any atom is 0.321 e. The Morgan fingerprint density at radius 1 is 1.16 bits per heavy atom. The number of rotatable bonds is 9. The molecule has 0 fully saturated rings. The van der Waals surface area contributed by atoms with E-state index in [1.54, 1.807) is 0 Å². The van der Waals surface area contributed by atoms with Crippen LogP contribution in [-0.4, -0.2) is 52.5 Å². The predicted octanol–water partition coefficient (Wildman–Crippen LogP) is 1.27. The van der Waals surface area contributed by atoms with Crippen LogP contribution in [0.2, 0.25) is 0 Å². The first-order valence-electron chi connectivity index (χ1n) is 6.57. The summed E-state index contributed by atoms with van der Waals surface area (Å²) in [5.41, 5.74) is 5.39. The lowest BCUT2D eigenvalue weighted by Crippen LogP contribution is -2.39. The van der Waals surface area contributed by atoms with Gasteiger partial charge in [-0.05, 0) is 11.8 Å². The van der Waals surface area contributed by atoms with Crippen LogP contribution in [0.5, 0.6) is 0 Å². The van der Waals surface area contributed by atoms with Crippen LogP contribution >= 0.6 is 11.8 Å². The van der Waals surface area contributed by atoms with Gasteiger partial charge in [0.05, 0.1) is 5.75 Å². The zero-order valence-electron chi connectivity index (χ0n) is 12.3. The van der Waals surface area contributed by atoms with Crippen molar-refractivity contribution in [3.8, 4) is 0 Å². The molecule has 0 aliphatic heterocycles. The molecule has 0 spiro atoms. The summed E-state index contributed by atoms with van der Waals surface area (Å²) in [7, 11) is 0. The van der Waals surface area contributed by atoms with Gasteiger partial charge in [0.1, 0.15) is 6.04 Å². The molecule has 6 heteroatoms. The Kier molecular flexibility index (Phi) is 8.84. The standard InChI is InChI=1S/C13H26N2O3S/c1-9(2)5-15(6-10(3)4)12(16)8-19-7-11(14)13(17)18/h9-11H,5-8,14H2,1-4H3,(H,17,18). The summed E-state index contributed by atoms with van der Waals surface area (Å²) in [6.07, 6.45) is 0. The van der Waals surface area contributed by atoms with Crippen molar-refractivity contribution in [2.24, 2.45) is 17.6 Å². The van der Waals surface area contributed by atoms with Crippen molar-refractivity contribution in [3.63, 3.8) is 0 Å². The first kappa shape index (κ1) is 18.2. The number of nitrogens with two attached hydrogens (primary N) is 1. The third-order valence-electron chi connectivity index (χ3n) is 2.36. The summed E-state index contributed by atoms with van der Waals surface area (Å²) in [6, 6.07) is -0.901. The van der Waals surface area contributed by atoms with Gasteiger partial charge in [0.25, 0.3) is 0 Å². The van der Waals surface area contributed by atoms with E-state index in [4.69, 9.17) is 10.8 Å². The molecule has 0 radical (unpaired) electrons. The number of carboxylic acid groups (broad SMARTS) is 1. The second-order valence-electron chi connectivity index (χ2n) is 5.55. The van der Waals surface area contributed by atoms with Gasteiger partial charge in [0.15, 0.2) is 0 Å². The molecule has 1 amide bonds. The highest BCUT2D eigenvalue weighted by atomic mass is 32.2. The third-order valence-corrected chi connectivity index (χ3v) is 3.41. The number of carbonyl (C=O) groups is 2. The van der Waals surface area contributed by atoms with Crippen molar-refractivity contribution in [1.29, 1.82) is 0 Å². The number of nitrogens with zero attached hydrogens (tertiary/aromatic N) is 1. The Morgan fingerprint density at radius 3 is 2.00 bits per heavy atom. The second-order valence-corrected chi connectivity index (χ2v) is 6.58. The fourth-order valence-electron chi connectivity index (χ4n) is 1.60. The highest BCUT2D eigenvalue weighted by Gasteiger charge is 2.17. The average Bonchev–Trinajstić information content (AvgIpc) is 2.26. The summed E-state index contributed by atoms with van der Waals surface area (Å²) < 4.78 is 0. The van der Waals surface area contributed by atoms with Crippen molar-refractivity contribution in [2.75, 3.05) is 24.6 Å². The maximum atomic E-state index is 12.1. The van der Waals surface area contributed by atoms with E-state index in [9.17, 15) is 9.59 Å². The molecule has 1 atom stereocenters. The molecule has 0 aliphatic rings. The number of thioether (sulfide) groups is 1. The number of carboxylic acids is 1. The number of carbonyl (C=O) groups excluding carboxylic acids is 1. The summed E-state index contributed by atoms with van der Waals surface area (Å²) in [5.74, 6) is 0.438. The molecule has 0 aromatic heterocycles.